The van der Waals surface area contributed by atoms with Crippen molar-refractivity contribution in [2.75, 3.05) is 26.2 Å². The van der Waals surface area contributed by atoms with Crippen molar-refractivity contribution in [1.82, 2.24) is 15.0 Å². The Morgan fingerprint density at radius 3 is 3.06 bits per heavy atom. The van der Waals surface area contributed by atoms with Crippen molar-refractivity contribution in [2.45, 2.75) is 20.0 Å². The molecular weight excluding hydrogens is 210 g/mol. The molecule has 6 heteroatoms. The molecule has 0 aliphatic carbocycles. The fourth-order valence-corrected chi connectivity index (χ4v) is 1.65. The van der Waals surface area contributed by atoms with Crippen molar-refractivity contribution in [3.05, 3.63) is 11.7 Å². The van der Waals surface area contributed by atoms with Gasteiger partial charge in [0.25, 0.3) is 5.89 Å². The molecule has 1 saturated heterocycles. The van der Waals surface area contributed by atoms with E-state index >= 15 is 0 Å². The molecule has 1 aliphatic rings. The van der Waals surface area contributed by atoms with Crippen molar-refractivity contribution >= 4 is 5.78 Å². The first-order valence-corrected chi connectivity index (χ1v) is 5.39. The van der Waals surface area contributed by atoms with Crippen LogP contribution in [-0.2, 0) is 4.74 Å². The van der Waals surface area contributed by atoms with E-state index in [9.17, 15) is 4.79 Å². The number of ether oxygens (including phenoxy) is 1. The first kappa shape index (κ1) is 11.2. The summed E-state index contributed by atoms with van der Waals surface area (Å²) in [5, 5.41) is 3.77. The number of aromatic nitrogens is 2. The largest absolute Gasteiger partial charge is 0.367 e. The molecular formula is C10H15N3O3. The molecule has 1 aromatic heterocycles. The Morgan fingerprint density at radius 2 is 2.44 bits per heavy atom. The molecule has 16 heavy (non-hydrogen) atoms. The molecule has 0 bridgehead atoms. The first-order valence-electron chi connectivity index (χ1n) is 5.39. The minimum absolute atomic E-state index is 0.0484. The minimum Gasteiger partial charge on any atom is -0.367 e. The third-order valence-electron chi connectivity index (χ3n) is 2.63. The van der Waals surface area contributed by atoms with Crippen LogP contribution in [0.25, 0.3) is 0 Å². The Bertz CT molecular complexity index is 377. The van der Waals surface area contributed by atoms with Gasteiger partial charge in [0.1, 0.15) is 6.10 Å². The van der Waals surface area contributed by atoms with Crippen molar-refractivity contribution < 1.29 is 14.1 Å². The van der Waals surface area contributed by atoms with Gasteiger partial charge in [0.15, 0.2) is 0 Å². The summed E-state index contributed by atoms with van der Waals surface area (Å²) in [6, 6.07) is 0. The van der Waals surface area contributed by atoms with Crippen LogP contribution >= 0.6 is 0 Å². The number of carbonyl (C=O) groups is 1. The summed E-state index contributed by atoms with van der Waals surface area (Å²) >= 11 is 0. The SMILES string of the molecule is CCN1CCOC(c2noc(C(C)=O)n2)C1. The molecule has 0 aromatic carbocycles. The standard InChI is InChI=1S/C10H15N3O3/c1-3-13-4-5-15-8(6-13)9-11-10(7(2)14)16-12-9/h8H,3-6H2,1-2H3. The minimum atomic E-state index is -0.220. The number of hydrogen-bond donors (Lipinski definition) is 0. The predicted molar refractivity (Wildman–Crippen MR) is 55.1 cm³/mol. The normalized spacial score (nSPS) is 22.2. The van der Waals surface area contributed by atoms with E-state index in [-0.39, 0.29) is 17.8 Å². The van der Waals surface area contributed by atoms with Crippen LogP contribution in [0.2, 0.25) is 0 Å². The second-order valence-electron chi connectivity index (χ2n) is 3.77. The lowest BCUT2D eigenvalue weighted by atomic mass is 10.2. The molecule has 1 fully saturated rings. The maximum absolute atomic E-state index is 11.0. The van der Waals surface area contributed by atoms with E-state index < -0.39 is 0 Å². The third-order valence-corrected chi connectivity index (χ3v) is 2.63. The van der Waals surface area contributed by atoms with Gasteiger partial charge in [-0.25, -0.2) is 0 Å². The molecule has 1 aliphatic heterocycles. The van der Waals surface area contributed by atoms with E-state index in [1.807, 2.05) is 0 Å². The zero-order valence-electron chi connectivity index (χ0n) is 9.47. The Hall–Kier alpha value is -1.27. The Balaban J connectivity index is 2.08. The molecule has 2 heterocycles. The molecule has 1 unspecified atom stereocenters. The number of hydrogen-bond acceptors (Lipinski definition) is 6. The van der Waals surface area contributed by atoms with Gasteiger partial charge in [-0.3, -0.25) is 9.69 Å². The van der Waals surface area contributed by atoms with Gasteiger partial charge >= 0.3 is 0 Å². The monoisotopic (exact) mass is 225 g/mol. The van der Waals surface area contributed by atoms with Crippen LogP contribution in [0.5, 0.6) is 0 Å². The summed E-state index contributed by atoms with van der Waals surface area (Å²) in [5.41, 5.74) is 0. The summed E-state index contributed by atoms with van der Waals surface area (Å²) in [4.78, 5) is 17.3. The highest BCUT2D eigenvalue weighted by atomic mass is 16.5. The summed E-state index contributed by atoms with van der Waals surface area (Å²) < 4.78 is 10.4. The van der Waals surface area contributed by atoms with Gasteiger partial charge in [0.2, 0.25) is 11.6 Å². The van der Waals surface area contributed by atoms with Gasteiger partial charge in [-0.15, -0.1) is 0 Å². The van der Waals surface area contributed by atoms with E-state index in [4.69, 9.17) is 9.26 Å². The molecule has 0 saturated carbocycles. The Morgan fingerprint density at radius 1 is 1.62 bits per heavy atom. The van der Waals surface area contributed by atoms with Crippen molar-refractivity contribution in [2.24, 2.45) is 0 Å². The summed E-state index contributed by atoms with van der Waals surface area (Å²) in [6.45, 7) is 6.79. The van der Waals surface area contributed by atoms with Crippen LogP contribution in [0.15, 0.2) is 4.52 Å². The summed E-state index contributed by atoms with van der Waals surface area (Å²) in [6.07, 6.45) is -0.189. The van der Waals surface area contributed by atoms with Crippen LogP contribution in [-0.4, -0.2) is 47.1 Å². The molecule has 88 valence electrons. The second-order valence-corrected chi connectivity index (χ2v) is 3.77. The number of rotatable bonds is 3. The van der Waals surface area contributed by atoms with Gasteiger partial charge in [0.05, 0.1) is 6.61 Å². The molecule has 1 aromatic rings. The lowest BCUT2D eigenvalue weighted by Gasteiger charge is -2.30. The van der Waals surface area contributed by atoms with Crippen LogP contribution in [0.1, 0.15) is 36.5 Å². The van der Waals surface area contributed by atoms with Gasteiger partial charge < -0.3 is 9.26 Å². The highest BCUT2D eigenvalue weighted by Crippen LogP contribution is 2.19. The quantitative estimate of drug-likeness (QED) is 0.704. The zero-order chi connectivity index (χ0) is 11.5. The number of nitrogens with zero attached hydrogens (tertiary/aromatic N) is 3. The predicted octanol–water partition coefficient (Wildman–Crippen LogP) is 0.665. The molecule has 0 spiro atoms. The maximum Gasteiger partial charge on any atom is 0.293 e. The van der Waals surface area contributed by atoms with Crippen LogP contribution in [0.4, 0.5) is 0 Å². The smallest absolute Gasteiger partial charge is 0.293 e. The molecule has 0 radical (unpaired) electrons. The number of carbonyl (C=O) groups excluding carboxylic acids is 1. The molecule has 1 atom stereocenters. The number of Topliss-reactive ketones (excluding diaryl/α,β-unsaturated/α-hetero) is 1. The topological polar surface area (TPSA) is 68.5 Å². The van der Waals surface area contributed by atoms with Crippen LogP contribution < -0.4 is 0 Å². The highest BCUT2D eigenvalue weighted by Gasteiger charge is 2.25. The highest BCUT2D eigenvalue weighted by molar-refractivity contribution is 5.89. The van der Waals surface area contributed by atoms with Crippen molar-refractivity contribution in [1.29, 1.82) is 0 Å². The van der Waals surface area contributed by atoms with Crippen LogP contribution in [0, 0.1) is 0 Å². The maximum atomic E-state index is 11.0. The number of likely N-dealkylation sites (N-methyl/N-ethyl adjacent to an activating group) is 1. The lowest BCUT2D eigenvalue weighted by molar-refractivity contribution is -0.0334. The van der Waals surface area contributed by atoms with E-state index in [0.29, 0.717) is 12.4 Å². The number of morpholine rings is 1. The van der Waals surface area contributed by atoms with Crippen molar-refractivity contribution in [3.63, 3.8) is 0 Å². The Kier molecular flexibility index (Phi) is 3.31. The average Bonchev–Trinajstić information content (AvgIpc) is 2.78. The molecule has 6 nitrogen and oxygen atoms in total. The summed E-state index contributed by atoms with van der Waals surface area (Å²) in [7, 11) is 0. The molecule has 0 amide bonds. The lowest BCUT2D eigenvalue weighted by Crippen LogP contribution is -2.38. The Labute approximate surface area is 93.6 Å². The van der Waals surface area contributed by atoms with E-state index in [1.165, 1.54) is 6.92 Å². The number of ketones is 1. The second kappa shape index (κ2) is 4.71. The van der Waals surface area contributed by atoms with Gasteiger partial charge in [-0.1, -0.05) is 12.1 Å². The van der Waals surface area contributed by atoms with Gasteiger partial charge in [0, 0.05) is 20.0 Å². The molecule has 0 N–H and O–H groups in total. The third kappa shape index (κ3) is 2.28. The van der Waals surface area contributed by atoms with Gasteiger partial charge in [-0.05, 0) is 6.54 Å². The fourth-order valence-electron chi connectivity index (χ4n) is 1.65. The van der Waals surface area contributed by atoms with Crippen molar-refractivity contribution in [3.8, 4) is 0 Å². The average molecular weight is 225 g/mol. The molecule has 2 rings (SSSR count). The van der Waals surface area contributed by atoms with Crippen LogP contribution in [0.3, 0.4) is 0 Å². The fraction of sp³-hybridized carbons (Fsp3) is 0.700. The van der Waals surface area contributed by atoms with Gasteiger partial charge in [-0.2, -0.15) is 4.98 Å². The summed E-state index contributed by atoms with van der Waals surface area (Å²) in [5.74, 6) is 0.289. The van der Waals surface area contributed by atoms with E-state index in [1.54, 1.807) is 0 Å². The van der Waals surface area contributed by atoms with E-state index in [2.05, 4.69) is 22.0 Å². The first-order chi connectivity index (χ1) is 7.70. The van der Waals surface area contributed by atoms with E-state index in [0.717, 1.165) is 19.6 Å². The zero-order valence-corrected chi connectivity index (χ0v) is 9.47.